The summed E-state index contributed by atoms with van der Waals surface area (Å²) in [5.41, 5.74) is 2.92. The Morgan fingerprint density at radius 3 is 2.24 bits per heavy atom. The van der Waals surface area contributed by atoms with E-state index in [1.54, 1.807) is 31.2 Å². The summed E-state index contributed by atoms with van der Waals surface area (Å²) in [5, 5.41) is 15.3. The average molecular weight is 519 g/mol. The predicted molar refractivity (Wildman–Crippen MR) is 145 cm³/mol. The number of rotatable bonds is 6. The van der Waals surface area contributed by atoms with Crippen LogP contribution in [0.3, 0.4) is 0 Å². The van der Waals surface area contributed by atoms with Crippen LogP contribution in [0.4, 0.5) is 22.1 Å². The molecule has 3 N–H and O–H groups in total. The van der Waals surface area contributed by atoms with Crippen molar-refractivity contribution < 1.29 is 19.4 Å². The minimum absolute atomic E-state index is 0.176. The van der Waals surface area contributed by atoms with Crippen molar-refractivity contribution in [1.29, 1.82) is 0 Å². The van der Waals surface area contributed by atoms with E-state index in [9.17, 15) is 9.90 Å². The second-order valence-corrected chi connectivity index (χ2v) is 9.78. The Morgan fingerprint density at radius 2 is 1.61 bits per heavy atom. The van der Waals surface area contributed by atoms with Crippen LogP contribution in [0.1, 0.15) is 50.1 Å². The van der Waals surface area contributed by atoms with Crippen LogP contribution in [0.25, 0.3) is 11.4 Å². The van der Waals surface area contributed by atoms with E-state index in [1.807, 2.05) is 24.3 Å². The minimum Gasteiger partial charge on any atom is -0.389 e. The number of hydrogen-bond donors (Lipinski definition) is 3. The maximum absolute atomic E-state index is 12.5. The number of carbonyl (C=O) groups excluding carboxylic acids is 1. The first-order valence-electron chi connectivity index (χ1n) is 13.1. The van der Waals surface area contributed by atoms with E-state index in [0.717, 1.165) is 36.3 Å². The van der Waals surface area contributed by atoms with Gasteiger partial charge in [-0.25, -0.2) is 9.78 Å². The molecule has 0 saturated carbocycles. The van der Waals surface area contributed by atoms with Gasteiger partial charge in [0.05, 0.1) is 25.4 Å². The SMILES string of the molecule is CC(O)c1ccc(NC(=O)Nc2ccc(-c3nc(C4CCOCC4)nc(N4CCOCC4C)n3)cc2)cc1. The molecule has 2 aliphatic heterocycles. The third-order valence-electron chi connectivity index (χ3n) is 6.90. The molecular weight excluding hydrogens is 484 g/mol. The van der Waals surface area contributed by atoms with Gasteiger partial charge in [0.1, 0.15) is 5.82 Å². The van der Waals surface area contributed by atoms with Crippen LogP contribution in [0.2, 0.25) is 0 Å². The minimum atomic E-state index is -0.554. The highest BCUT2D eigenvalue weighted by molar-refractivity contribution is 5.99. The third-order valence-corrected chi connectivity index (χ3v) is 6.90. The Hall–Kier alpha value is -3.60. The molecule has 2 aliphatic rings. The lowest BCUT2D eigenvalue weighted by Crippen LogP contribution is -2.44. The number of benzene rings is 2. The molecule has 0 radical (unpaired) electrons. The predicted octanol–water partition coefficient (Wildman–Crippen LogP) is 4.36. The lowest BCUT2D eigenvalue weighted by atomic mass is 9.99. The van der Waals surface area contributed by atoms with Crippen molar-refractivity contribution in [3.05, 3.63) is 59.9 Å². The molecule has 5 rings (SSSR count). The zero-order valence-corrected chi connectivity index (χ0v) is 21.8. The first-order chi connectivity index (χ1) is 18.5. The second-order valence-electron chi connectivity index (χ2n) is 9.78. The van der Waals surface area contributed by atoms with Gasteiger partial charge < -0.3 is 30.1 Å². The molecule has 2 saturated heterocycles. The van der Waals surface area contributed by atoms with E-state index in [-0.39, 0.29) is 18.0 Å². The van der Waals surface area contributed by atoms with Crippen LogP contribution < -0.4 is 15.5 Å². The van der Waals surface area contributed by atoms with Crippen LogP contribution in [-0.4, -0.2) is 65.1 Å². The van der Waals surface area contributed by atoms with Crippen LogP contribution in [-0.2, 0) is 9.47 Å². The Kier molecular flexibility index (Phi) is 8.11. The number of carbonyl (C=O) groups is 1. The standard InChI is InChI=1S/C28H34N6O4/c1-18-17-38-16-13-34(18)27-32-25(31-26(33-27)22-11-14-37-15-12-22)21-5-9-24(10-6-21)30-28(36)29-23-7-3-20(4-8-23)19(2)35/h3-10,18-19,22,35H,11-17H2,1-2H3,(H2,29,30,36). The van der Waals surface area contributed by atoms with Gasteiger partial charge in [-0.05, 0) is 68.7 Å². The Labute approximate surface area is 222 Å². The molecule has 2 aromatic carbocycles. The largest absolute Gasteiger partial charge is 0.389 e. The number of nitrogens with one attached hydrogen (secondary N) is 2. The zero-order valence-electron chi connectivity index (χ0n) is 21.8. The Bertz CT molecular complexity index is 1230. The average Bonchev–Trinajstić information content (AvgIpc) is 2.94. The lowest BCUT2D eigenvalue weighted by Gasteiger charge is -2.34. The molecule has 0 spiro atoms. The number of hydrogen-bond acceptors (Lipinski definition) is 8. The zero-order chi connectivity index (χ0) is 26.5. The maximum atomic E-state index is 12.5. The highest BCUT2D eigenvalue weighted by Gasteiger charge is 2.26. The number of urea groups is 1. The molecule has 3 heterocycles. The van der Waals surface area contributed by atoms with E-state index >= 15 is 0 Å². The number of morpholine rings is 1. The number of aromatic nitrogens is 3. The van der Waals surface area contributed by atoms with Gasteiger partial charge >= 0.3 is 6.03 Å². The van der Waals surface area contributed by atoms with Gasteiger partial charge in [-0.1, -0.05) is 12.1 Å². The Morgan fingerprint density at radius 1 is 0.947 bits per heavy atom. The van der Waals surface area contributed by atoms with Gasteiger partial charge in [0, 0.05) is 42.6 Å². The fourth-order valence-corrected chi connectivity index (χ4v) is 4.64. The molecular formula is C28H34N6O4. The summed E-state index contributed by atoms with van der Waals surface area (Å²) in [6.45, 7) is 7.25. The molecule has 2 fully saturated rings. The molecule has 1 aromatic heterocycles. The lowest BCUT2D eigenvalue weighted by molar-refractivity contribution is 0.0834. The highest BCUT2D eigenvalue weighted by Crippen LogP contribution is 2.29. The van der Waals surface area contributed by atoms with Crippen LogP contribution in [0.5, 0.6) is 0 Å². The van der Waals surface area contributed by atoms with E-state index in [1.165, 1.54) is 0 Å². The summed E-state index contributed by atoms with van der Waals surface area (Å²) < 4.78 is 11.2. The number of aliphatic hydroxyl groups excluding tert-OH is 1. The van der Waals surface area contributed by atoms with Crippen molar-refractivity contribution in [2.75, 3.05) is 48.5 Å². The fourth-order valence-electron chi connectivity index (χ4n) is 4.64. The molecule has 200 valence electrons. The van der Waals surface area contributed by atoms with E-state index in [4.69, 9.17) is 24.4 Å². The molecule has 10 nitrogen and oxygen atoms in total. The maximum Gasteiger partial charge on any atom is 0.323 e. The second kappa shape index (κ2) is 11.8. The van der Waals surface area contributed by atoms with Gasteiger partial charge in [-0.15, -0.1) is 0 Å². The summed E-state index contributed by atoms with van der Waals surface area (Å²) >= 11 is 0. The highest BCUT2D eigenvalue weighted by atomic mass is 16.5. The summed E-state index contributed by atoms with van der Waals surface area (Å²) in [6.07, 6.45) is 1.23. The smallest absolute Gasteiger partial charge is 0.323 e. The van der Waals surface area contributed by atoms with Gasteiger partial charge in [0.15, 0.2) is 5.82 Å². The molecule has 2 atom stereocenters. The molecule has 2 unspecified atom stereocenters. The summed E-state index contributed by atoms with van der Waals surface area (Å²) in [6, 6.07) is 14.4. The summed E-state index contributed by atoms with van der Waals surface area (Å²) in [7, 11) is 0. The number of anilines is 3. The van der Waals surface area contributed by atoms with Crippen molar-refractivity contribution in [3.8, 4) is 11.4 Å². The third kappa shape index (κ3) is 6.27. The molecule has 10 heteroatoms. The molecule has 0 aliphatic carbocycles. The number of ether oxygens (including phenoxy) is 2. The van der Waals surface area contributed by atoms with E-state index in [0.29, 0.717) is 49.6 Å². The van der Waals surface area contributed by atoms with Gasteiger partial charge in [-0.2, -0.15) is 9.97 Å². The molecule has 3 aromatic rings. The van der Waals surface area contributed by atoms with Gasteiger partial charge in [0.25, 0.3) is 0 Å². The number of nitrogens with zero attached hydrogens (tertiary/aromatic N) is 4. The number of amides is 2. The van der Waals surface area contributed by atoms with Crippen molar-refractivity contribution in [2.45, 2.75) is 44.8 Å². The first kappa shape index (κ1) is 26.0. The van der Waals surface area contributed by atoms with Crippen LogP contribution in [0, 0.1) is 0 Å². The summed E-state index contributed by atoms with van der Waals surface area (Å²) in [5.74, 6) is 2.33. The molecule has 2 amide bonds. The summed E-state index contributed by atoms with van der Waals surface area (Å²) in [4.78, 5) is 29.3. The molecule has 38 heavy (non-hydrogen) atoms. The molecule has 0 bridgehead atoms. The van der Waals surface area contributed by atoms with Crippen molar-refractivity contribution in [2.24, 2.45) is 0 Å². The van der Waals surface area contributed by atoms with Crippen molar-refractivity contribution >= 4 is 23.4 Å². The number of aliphatic hydroxyl groups is 1. The van der Waals surface area contributed by atoms with E-state index < -0.39 is 6.10 Å². The van der Waals surface area contributed by atoms with Crippen molar-refractivity contribution in [3.63, 3.8) is 0 Å². The topological polar surface area (TPSA) is 122 Å². The van der Waals surface area contributed by atoms with E-state index in [2.05, 4.69) is 22.5 Å². The van der Waals surface area contributed by atoms with Crippen LogP contribution in [0.15, 0.2) is 48.5 Å². The van der Waals surface area contributed by atoms with Gasteiger partial charge in [0.2, 0.25) is 5.95 Å². The van der Waals surface area contributed by atoms with Crippen LogP contribution >= 0.6 is 0 Å². The Balaban J connectivity index is 1.32. The quantitative estimate of drug-likeness (QED) is 0.440. The van der Waals surface area contributed by atoms with Crippen molar-refractivity contribution in [1.82, 2.24) is 15.0 Å². The van der Waals surface area contributed by atoms with Gasteiger partial charge in [-0.3, -0.25) is 0 Å². The fraction of sp³-hybridized carbons (Fsp3) is 0.429. The normalized spacial score (nSPS) is 19.1. The first-order valence-corrected chi connectivity index (χ1v) is 13.1. The monoisotopic (exact) mass is 518 g/mol.